The fourth-order valence-corrected chi connectivity index (χ4v) is 1.70. The molecule has 0 unspecified atom stereocenters. The Morgan fingerprint density at radius 1 is 1.00 bits per heavy atom. The normalized spacial score (nSPS) is 9.80. The Hall–Kier alpha value is -2.62. The number of rotatable bonds is 5. The second-order valence-electron chi connectivity index (χ2n) is 4.25. The summed E-state index contributed by atoms with van der Waals surface area (Å²) in [5.74, 6) is 0. The molecule has 2 rings (SSSR count). The molecule has 20 heavy (non-hydrogen) atoms. The van der Waals surface area contributed by atoms with Crippen molar-refractivity contribution in [2.24, 2.45) is 0 Å². The molecule has 102 valence electrons. The Kier molecular flexibility index (Phi) is 4.89. The summed E-state index contributed by atoms with van der Waals surface area (Å²) in [4.78, 5) is 22.0. The molecule has 0 spiro atoms. The van der Waals surface area contributed by atoms with Crippen molar-refractivity contribution in [3.63, 3.8) is 0 Å². The molecule has 0 heterocycles. The van der Waals surface area contributed by atoms with Crippen LogP contribution >= 0.6 is 0 Å². The van der Waals surface area contributed by atoms with Crippen LogP contribution in [0, 0.1) is 0 Å². The summed E-state index contributed by atoms with van der Waals surface area (Å²) in [6.07, 6.45) is 0.715. The van der Waals surface area contributed by atoms with Crippen molar-refractivity contribution in [1.29, 1.82) is 0 Å². The van der Waals surface area contributed by atoms with Crippen LogP contribution in [0.25, 0.3) is 0 Å². The zero-order valence-electron chi connectivity index (χ0n) is 10.9. The van der Waals surface area contributed by atoms with Gasteiger partial charge in [0.1, 0.15) is 12.9 Å². The van der Waals surface area contributed by atoms with Crippen molar-refractivity contribution in [3.05, 3.63) is 65.7 Å². The molecule has 0 radical (unpaired) electrons. The second-order valence-corrected chi connectivity index (χ2v) is 4.25. The number of carbonyl (C=O) groups excluding carboxylic acids is 2. The first-order chi connectivity index (χ1) is 9.78. The van der Waals surface area contributed by atoms with Gasteiger partial charge in [0.25, 0.3) is 0 Å². The molecule has 0 fully saturated rings. The molecule has 2 aromatic rings. The van der Waals surface area contributed by atoms with Gasteiger partial charge in [0, 0.05) is 12.1 Å². The maximum Gasteiger partial charge on any atom is 0.411 e. The number of benzene rings is 2. The van der Waals surface area contributed by atoms with E-state index in [4.69, 9.17) is 4.74 Å². The Morgan fingerprint density at radius 3 is 2.35 bits per heavy atom. The number of nitrogens with one attached hydrogen (secondary N) is 1. The van der Waals surface area contributed by atoms with Crippen LogP contribution in [-0.2, 0) is 22.6 Å². The van der Waals surface area contributed by atoms with E-state index in [0.717, 1.165) is 17.4 Å². The molecule has 1 amide bonds. The Labute approximate surface area is 117 Å². The molecule has 0 aromatic heterocycles. The monoisotopic (exact) mass is 269 g/mol. The number of carbonyl (C=O) groups is 2. The summed E-state index contributed by atoms with van der Waals surface area (Å²) >= 11 is 0. The molecule has 4 nitrogen and oxygen atoms in total. The van der Waals surface area contributed by atoms with Crippen molar-refractivity contribution in [3.8, 4) is 0 Å². The number of ether oxygens (including phenoxy) is 1. The molecule has 0 saturated carbocycles. The predicted octanol–water partition coefficient (Wildman–Crippen LogP) is 3.18. The van der Waals surface area contributed by atoms with Crippen LogP contribution in [0.1, 0.15) is 11.1 Å². The highest BCUT2D eigenvalue weighted by molar-refractivity contribution is 5.84. The van der Waals surface area contributed by atoms with Crippen molar-refractivity contribution in [1.82, 2.24) is 0 Å². The first kappa shape index (κ1) is 13.8. The van der Waals surface area contributed by atoms with E-state index in [9.17, 15) is 9.59 Å². The standard InChI is InChI=1S/C16H15NO3/c18-11-10-13-6-8-15(9-7-13)17-16(19)20-12-14-4-2-1-3-5-14/h1-9,11H,10,12H2,(H,17,19). The van der Waals surface area contributed by atoms with Gasteiger partial charge in [-0.05, 0) is 23.3 Å². The lowest BCUT2D eigenvalue weighted by atomic mass is 10.1. The molecular weight excluding hydrogens is 254 g/mol. The van der Waals surface area contributed by atoms with Gasteiger partial charge in [-0.1, -0.05) is 42.5 Å². The molecule has 0 atom stereocenters. The number of hydrogen-bond donors (Lipinski definition) is 1. The van der Waals surface area contributed by atoms with Crippen LogP contribution in [0.4, 0.5) is 10.5 Å². The van der Waals surface area contributed by atoms with E-state index in [2.05, 4.69) is 5.32 Å². The van der Waals surface area contributed by atoms with E-state index in [1.807, 2.05) is 30.3 Å². The third-order valence-electron chi connectivity index (χ3n) is 2.73. The van der Waals surface area contributed by atoms with Gasteiger partial charge in [0.15, 0.2) is 0 Å². The molecule has 4 heteroatoms. The average Bonchev–Trinajstić information content (AvgIpc) is 2.49. The predicted molar refractivity (Wildman–Crippen MR) is 76.5 cm³/mol. The minimum absolute atomic E-state index is 0.232. The first-order valence-corrected chi connectivity index (χ1v) is 6.28. The van der Waals surface area contributed by atoms with Crippen LogP contribution in [-0.4, -0.2) is 12.4 Å². The molecule has 0 aliphatic rings. The fourth-order valence-electron chi connectivity index (χ4n) is 1.70. The molecule has 0 saturated heterocycles. The quantitative estimate of drug-likeness (QED) is 0.848. The van der Waals surface area contributed by atoms with E-state index in [1.165, 1.54) is 0 Å². The lowest BCUT2D eigenvalue weighted by Crippen LogP contribution is -2.13. The average molecular weight is 269 g/mol. The van der Waals surface area contributed by atoms with Crippen LogP contribution in [0.2, 0.25) is 0 Å². The number of aldehydes is 1. The van der Waals surface area contributed by atoms with E-state index >= 15 is 0 Å². The van der Waals surface area contributed by atoms with Gasteiger partial charge in [0.2, 0.25) is 0 Å². The summed E-state index contributed by atoms with van der Waals surface area (Å²) in [5.41, 5.74) is 2.48. The zero-order valence-corrected chi connectivity index (χ0v) is 10.9. The van der Waals surface area contributed by atoms with Gasteiger partial charge in [-0.3, -0.25) is 5.32 Å². The highest BCUT2D eigenvalue weighted by Gasteiger charge is 2.03. The van der Waals surface area contributed by atoms with Gasteiger partial charge in [0.05, 0.1) is 0 Å². The smallest absolute Gasteiger partial charge is 0.411 e. The van der Waals surface area contributed by atoms with Crippen LogP contribution in [0.3, 0.4) is 0 Å². The third kappa shape index (κ3) is 4.24. The maximum absolute atomic E-state index is 11.6. The summed E-state index contributed by atoms with van der Waals surface area (Å²) in [6, 6.07) is 16.5. The number of hydrogen-bond acceptors (Lipinski definition) is 3. The van der Waals surface area contributed by atoms with Crippen LogP contribution in [0.15, 0.2) is 54.6 Å². The SMILES string of the molecule is O=CCc1ccc(NC(=O)OCc2ccccc2)cc1. The van der Waals surface area contributed by atoms with Crippen molar-refractivity contribution >= 4 is 18.1 Å². The van der Waals surface area contributed by atoms with Crippen LogP contribution < -0.4 is 5.32 Å². The molecule has 0 bridgehead atoms. The van der Waals surface area contributed by atoms with Crippen molar-refractivity contribution in [2.45, 2.75) is 13.0 Å². The second kappa shape index (κ2) is 7.09. The van der Waals surface area contributed by atoms with Crippen molar-refractivity contribution in [2.75, 3.05) is 5.32 Å². The van der Waals surface area contributed by atoms with Crippen molar-refractivity contribution < 1.29 is 14.3 Å². The largest absolute Gasteiger partial charge is 0.444 e. The summed E-state index contributed by atoms with van der Waals surface area (Å²) in [5, 5.41) is 2.63. The molecule has 0 aliphatic carbocycles. The molecule has 1 N–H and O–H groups in total. The van der Waals surface area contributed by atoms with Gasteiger partial charge < -0.3 is 9.53 Å². The van der Waals surface area contributed by atoms with Gasteiger partial charge >= 0.3 is 6.09 Å². The fraction of sp³-hybridized carbons (Fsp3) is 0.125. The highest BCUT2D eigenvalue weighted by atomic mass is 16.5. The molecule has 0 aliphatic heterocycles. The van der Waals surface area contributed by atoms with E-state index < -0.39 is 6.09 Å². The topological polar surface area (TPSA) is 55.4 Å². The third-order valence-corrected chi connectivity index (χ3v) is 2.73. The lowest BCUT2D eigenvalue weighted by Gasteiger charge is -2.07. The maximum atomic E-state index is 11.6. The summed E-state index contributed by atoms with van der Waals surface area (Å²) in [7, 11) is 0. The number of anilines is 1. The van der Waals surface area contributed by atoms with E-state index in [-0.39, 0.29) is 6.61 Å². The summed E-state index contributed by atoms with van der Waals surface area (Å²) < 4.78 is 5.10. The van der Waals surface area contributed by atoms with Gasteiger partial charge in [-0.25, -0.2) is 4.79 Å². The van der Waals surface area contributed by atoms with Crippen LogP contribution in [0.5, 0.6) is 0 Å². The molecular formula is C16H15NO3. The minimum atomic E-state index is -0.503. The number of amides is 1. The minimum Gasteiger partial charge on any atom is -0.444 e. The Bertz CT molecular complexity index is 564. The zero-order chi connectivity index (χ0) is 14.2. The summed E-state index contributed by atoms with van der Waals surface area (Å²) in [6.45, 7) is 0.232. The Morgan fingerprint density at radius 2 is 1.70 bits per heavy atom. The van der Waals surface area contributed by atoms with Gasteiger partial charge in [-0.15, -0.1) is 0 Å². The highest BCUT2D eigenvalue weighted by Crippen LogP contribution is 2.10. The molecule has 2 aromatic carbocycles. The van der Waals surface area contributed by atoms with Gasteiger partial charge in [-0.2, -0.15) is 0 Å². The lowest BCUT2D eigenvalue weighted by molar-refractivity contribution is -0.107. The van der Waals surface area contributed by atoms with E-state index in [0.29, 0.717) is 12.1 Å². The first-order valence-electron chi connectivity index (χ1n) is 6.28. The van der Waals surface area contributed by atoms with E-state index in [1.54, 1.807) is 24.3 Å². The Balaban J connectivity index is 1.83.